The third-order valence-electron chi connectivity index (χ3n) is 2.21. The summed E-state index contributed by atoms with van der Waals surface area (Å²) in [4.78, 5) is 14.1. The van der Waals surface area contributed by atoms with Crippen LogP contribution in [0.3, 0.4) is 0 Å². The van der Waals surface area contributed by atoms with E-state index in [1.807, 2.05) is 13.8 Å². The van der Waals surface area contributed by atoms with Gasteiger partial charge in [-0.2, -0.15) is 0 Å². The molecule has 0 aliphatic rings. The van der Waals surface area contributed by atoms with Gasteiger partial charge in [0.05, 0.1) is 12.0 Å². The summed E-state index contributed by atoms with van der Waals surface area (Å²) < 4.78 is 5.15. The molecular formula is C10H20N4O2. The first-order valence-electron chi connectivity index (χ1n) is 5.34. The number of ether oxygens (including phenoxy) is 1. The predicted octanol–water partition coefficient (Wildman–Crippen LogP) is 2.01. The zero-order chi connectivity index (χ0) is 12.4. The summed E-state index contributed by atoms with van der Waals surface area (Å²) in [7, 11) is 1.59. The Bertz CT molecular complexity index is 260. The van der Waals surface area contributed by atoms with E-state index in [1.54, 1.807) is 7.11 Å². The van der Waals surface area contributed by atoms with Crippen LogP contribution in [0, 0.1) is 0 Å². The smallest absolute Gasteiger partial charge is 0.222 e. The minimum Gasteiger partial charge on any atom is -0.378 e. The Kier molecular flexibility index (Phi) is 7.33. The number of azide groups is 1. The van der Waals surface area contributed by atoms with Crippen molar-refractivity contribution in [3.05, 3.63) is 10.4 Å². The molecule has 6 nitrogen and oxygen atoms in total. The maximum atomic E-state index is 11.4. The van der Waals surface area contributed by atoms with Gasteiger partial charge in [-0.1, -0.05) is 5.11 Å². The van der Waals surface area contributed by atoms with Crippen LogP contribution in [0.25, 0.3) is 10.4 Å². The lowest BCUT2D eigenvalue weighted by atomic mass is 10.1. The van der Waals surface area contributed by atoms with E-state index in [0.717, 1.165) is 12.8 Å². The monoisotopic (exact) mass is 228 g/mol. The molecule has 1 N–H and O–H groups in total. The van der Waals surface area contributed by atoms with Gasteiger partial charge >= 0.3 is 0 Å². The number of carbonyl (C=O) groups is 1. The Morgan fingerprint density at radius 1 is 1.50 bits per heavy atom. The first kappa shape index (κ1) is 14.7. The summed E-state index contributed by atoms with van der Waals surface area (Å²) in [6.45, 7) is 4.83. The summed E-state index contributed by atoms with van der Waals surface area (Å²) in [6, 6.07) is 0. The zero-order valence-electron chi connectivity index (χ0n) is 10.2. The molecule has 0 rings (SSSR count). The fourth-order valence-electron chi connectivity index (χ4n) is 1.10. The highest BCUT2D eigenvalue weighted by Crippen LogP contribution is 2.12. The summed E-state index contributed by atoms with van der Waals surface area (Å²) in [6.07, 6.45) is 1.95. The van der Waals surface area contributed by atoms with Crippen LogP contribution in [0.15, 0.2) is 5.11 Å². The highest BCUT2D eigenvalue weighted by Gasteiger charge is 2.20. The van der Waals surface area contributed by atoms with Gasteiger partial charge in [-0.05, 0) is 32.2 Å². The minimum atomic E-state index is -0.421. The van der Waals surface area contributed by atoms with Crippen molar-refractivity contribution in [2.24, 2.45) is 5.11 Å². The summed E-state index contributed by atoms with van der Waals surface area (Å²) in [5.74, 6) is -0.0179. The molecule has 0 aromatic rings. The van der Waals surface area contributed by atoms with E-state index in [9.17, 15) is 4.79 Å². The third-order valence-corrected chi connectivity index (χ3v) is 2.21. The Balaban J connectivity index is 3.55. The van der Waals surface area contributed by atoms with E-state index in [4.69, 9.17) is 10.3 Å². The fraction of sp³-hybridized carbons (Fsp3) is 0.900. The Hall–Kier alpha value is -1.26. The van der Waals surface area contributed by atoms with Crippen LogP contribution in [-0.4, -0.2) is 31.7 Å². The number of amides is 1. The predicted molar refractivity (Wildman–Crippen MR) is 62.0 cm³/mol. The van der Waals surface area contributed by atoms with Crippen LogP contribution in [0.4, 0.5) is 0 Å². The van der Waals surface area contributed by atoms with Crippen molar-refractivity contribution in [2.75, 3.05) is 20.2 Å². The van der Waals surface area contributed by atoms with Gasteiger partial charge in [-0.15, -0.1) is 0 Å². The molecule has 0 bridgehead atoms. The zero-order valence-corrected chi connectivity index (χ0v) is 10.2. The number of unbranched alkanes of at least 4 members (excludes halogenated alkanes) is 1. The second kappa shape index (κ2) is 7.96. The lowest BCUT2D eigenvalue weighted by Crippen LogP contribution is -2.34. The number of nitrogens with zero attached hydrogens (tertiary/aromatic N) is 3. The molecule has 0 aromatic carbocycles. The third kappa shape index (κ3) is 8.08. The molecule has 0 saturated carbocycles. The average Bonchev–Trinajstić information content (AvgIpc) is 2.22. The van der Waals surface area contributed by atoms with Gasteiger partial charge in [0.1, 0.15) is 0 Å². The van der Waals surface area contributed by atoms with Gasteiger partial charge < -0.3 is 10.1 Å². The van der Waals surface area contributed by atoms with Crippen LogP contribution >= 0.6 is 0 Å². The van der Waals surface area contributed by atoms with E-state index in [2.05, 4.69) is 15.3 Å². The van der Waals surface area contributed by atoms with Crippen molar-refractivity contribution in [3.8, 4) is 0 Å². The van der Waals surface area contributed by atoms with Crippen molar-refractivity contribution in [3.63, 3.8) is 0 Å². The van der Waals surface area contributed by atoms with Crippen LogP contribution in [0.5, 0.6) is 0 Å². The molecule has 0 aliphatic carbocycles. The number of hydrogen-bond donors (Lipinski definition) is 1. The Morgan fingerprint density at radius 3 is 2.75 bits per heavy atom. The Morgan fingerprint density at radius 2 is 2.19 bits per heavy atom. The molecule has 0 aliphatic heterocycles. The lowest BCUT2D eigenvalue weighted by molar-refractivity contribution is -0.126. The van der Waals surface area contributed by atoms with Crippen LogP contribution in [-0.2, 0) is 9.53 Å². The highest BCUT2D eigenvalue weighted by molar-refractivity contribution is 5.76. The van der Waals surface area contributed by atoms with Gasteiger partial charge in [0, 0.05) is 25.1 Å². The normalized spacial score (nSPS) is 10.7. The van der Waals surface area contributed by atoms with Crippen LogP contribution in [0.1, 0.15) is 33.1 Å². The number of methoxy groups -OCH3 is 1. The SMILES string of the molecule is COC(C)(C)CC(=O)NCCCCN=[N+]=[N-]. The number of nitrogens with one attached hydrogen (secondary N) is 1. The lowest BCUT2D eigenvalue weighted by Gasteiger charge is -2.21. The molecule has 92 valence electrons. The first-order valence-corrected chi connectivity index (χ1v) is 5.34. The van der Waals surface area contributed by atoms with Crippen LogP contribution in [0.2, 0.25) is 0 Å². The molecule has 0 atom stereocenters. The van der Waals surface area contributed by atoms with E-state index >= 15 is 0 Å². The molecule has 6 heteroatoms. The Labute approximate surface area is 96.0 Å². The summed E-state index contributed by atoms with van der Waals surface area (Å²) in [5.41, 5.74) is 7.62. The average molecular weight is 228 g/mol. The minimum absolute atomic E-state index is 0.0179. The van der Waals surface area contributed by atoms with Gasteiger partial charge in [0.15, 0.2) is 0 Å². The van der Waals surface area contributed by atoms with Gasteiger partial charge in [-0.25, -0.2) is 0 Å². The molecule has 0 fully saturated rings. The quantitative estimate of drug-likeness (QED) is 0.298. The molecule has 0 unspecified atom stereocenters. The second-order valence-electron chi connectivity index (χ2n) is 4.15. The molecule has 0 aromatic heterocycles. The van der Waals surface area contributed by atoms with Gasteiger partial charge in [-0.3, -0.25) is 4.79 Å². The molecule has 0 heterocycles. The second-order valence-corrected chi connectivity index (χ2v) is 4.15. The number of rotatable bonds is 8. The molecule has 0 saturated heterocycles. The van der Waals surface area contributed by atoms with E-state index in [-0.39, 0.29) is 5.91 Å². The fourth-order valence-corrected chi connectivity index (χ4v) is 1.10. The number of carbonyl (C=O) groups excluding carboxylic acids is 1. The van der Waals surface area contributed by atoms with Crippen molar-refractivity contribution >= 4 is 5.91 Å². The largest absolute Gasteiger partial charge is 0.378 e. The molecular weight excluding hydrogens is 208 g/mol. The molecule has 0 radical (unpaired) electrons. The van der Waals surface area contributed by atoms with Crippen molar-refractivity contribution in [1.82, 2.24) is 5.32 Å². The first-order chi connectivity index (χ1) is 7.52. The van der Waals surface area contributed by atoms with E-state index in [0.29, 0.717) is 19.5 Å². The van der Waals surface area contributed by atoms with Crippen molar-refractivity contribution in [1.29, 1.82) is 0 Å². The summed E-state index contributed by atoms with van der Waals surface area (Å²) in [5, 5.41) is 6.21. The molecule has 0 spiro atoms. The standard InChI is InChI=1S/C10H20N4O2/c1-10(2,16-3)8-9(15)12-6-4-5-7-13-14-11/h4-8H2,1-3H3,(H,12,15). The molecule has 1 amide bonds. The van der Waals surface area contributed by atoms with E-state index < -0.39 is 5.60 Å². The van der Waals surface area contributed by atoms with E-state index in [1.165, 1.54) is 0 Å². The van der Waals surface area contributed by atoms with Gasteiger partial charge in [0.2, 0.25) is 5.91 Å². The maximum Gasteiger partial charge on any atom is 0.222 e. The van der Waals surface area contributed by atoms with Gasteiger partial charge in [0.25, 0.3) is 0 Å². The maximum absolute atomic E-state index is 11.4. The summed E-state index contributed by atoms with van der Waals surface area (Å²) >= 11 is 0. The van der Waals surface area contributed by atoms with Crippen molar-refractivity contribution in [2.45, 2.75) is 38.7 Å². The number of hydrogen-bond acceptors (Lipinski definition) is 3. The highest BCUT2D eigenvalue weighted by atomic mass is 16.5. The topological polar surface area (TPSA) is 87.1 Å². The van der Waals surface area contributed by atoms with Crippen LogP contribution < -0.4 is 5.32 Å². The van der Waals surface area contributed by atoms with Crippen molar-refractivity contribution < 1.29 is 9.53 Å². The molecule has 16 heavy (non-hydrogen) atoms.